The predicted octanol–water partition coefficient (Wildman–Crippen LogP) is 2.94. The second-order valence-electron chi connectivity index (χ2n) is 5.88. The van der Waals surface area contributed by atoms with Gasteiger partial charge < -0.3 is 4.74 Å². The minimum atomic E-state index is -0.186. The van der Waals surface area contributed by atoms with Gasteiger partial charge in [-0.1, -0.05) is 30.0 Å². The van der Waals surface area contributed by atoms with Crippen molar-refractivity contribution in [2.75, 3.05) is 0 Å². The van der Waals surface area contributed by atoms with Gasteiger partial charge in [-0.2, -0.15) is 0 Å². The number of ether oxygens (including phenoxy) is 1. The third-order valence-electron chi connectivity index (χ3n) is 3.99. The quantitative estimate of drug-likeness (QED) is 0.812. The lowest BCUT2D eigenvalue weighted by molar-refractivity contribution is -0.140. The van der Waals surface area contributed by atoms with Crippen LogP contribution in [0, 0.1) is 0 Å². The number of nitrogens with zero attached hydrogens (tertiary/aromatic N) is 3. The van der Waals surface area contributed by atoms with E-state index in [1.54, 1.807) is 0 Å². The molecule has 114 valence electrons. The number of rotatable bonds is 4. The summed E-state index contributed by atoms with van der Waals surface area (Å²) < 4.78 is 7.34. The van der Waals surface area contributed by atoms with E-state index in [2.05, 4.69) is 26.9 Å². The molecule has 1 aliphatic carbocycles. The normalized spacial score (nSPS) is 24.5. The standard InChI is InChI=1S/C16H17N3O2S/c1-10-9-13(15(20)21-10)22-16-18-17-14(11-7-8-11)19(16)12-5-3-2-4-6-12/h2-6,10-11,13H,7-9H2,1H3/t10-,13+/m0/s1. The molecule has 6 heteroatoms. The zero-order chi connectivity index (χ0) is 15.1. The summed E-state index contributed by atoms with van der Waals surface area (Å²) in [4.78, 5) is 11.9. The highest BCUT2D eigenvalue weighted by atomic mass is 32.2. The van der Waals surface area contributed by atoms with Crippen molar-refractivity contribution in [2.24, 2.45) is 0 Å². The summed E-state index contributed by atoms with van der Waals surface area (Å²) in [5, 5.41) is 9.32. The first kappa shape index (κ1) is 13.8. The van der Waals surface area contributed by atoms with Crippen LogP contribution in [0.1, 0.15) is 37.9 Å². The van der Waals surface area contributed by atoms with Crippen LogP contribution < -0.4 is 0 Å². The molecule has 2 fully saturated rings. The van der Waals surface area contributed by atoms with Gasteiger partial charge in [0.1, 0.15) is 17.2 Å². The van der Waals surface area contributed by atoms with E-state index in [1.807, 2.05) is 25.1 Å². The van der Waals surface area contributed by atoms with E-state index in [9.17, 15) is 4.79 Å². The monoisotopic (exact) mass is 315 g/mol. The van der Waals surface area contributed by atoms with Crippen LogP contribution in [0.2, 0.25) is 0 Å². The number of para-hydroxylation sites is 1. The fourth-order valence-corrected chi connectivity index (χ4v) is 3.89. The number of thioether (sulfide) groups is 1. The van der Waals surface area contributed by atoms with Crippen molar-refractivity contribution in [3.05, 3.63) is 36.2 Å². The number of cyclic esters (lactones) is 1. The van der Waals surface area contributed by atoms with Crippen LogP contribution in [-0.2, 0) is 9.53 Å². The molecule has 5 nitrogen and oxygen atoms in total. The van der Waals surface area contributed by atoms with E-state index >= 15 is 0 Å². The molecular weight excluding hydrogens is 298 g/mol. The zero-order valence-corrected chi connectivity index (χ0v) is 13.1. The minimum Gasteiger partial charge on any atom is -0.462 e. The van der Waals surface area contributed by atoms with Crippen molar-refractivity contribution < 1.29 is 9.53 Å². The van der Waals surface area contributed by atoms with Gasteiger partial charge in [0.2, 0.25) is 0 Å². The van der Waals surface area contributed by atoms with Gasteiger partial charge in [0.05, 0.1) is 0 Å². The highest BCUT2D eigenvalue weighted by Gasteiger charge is 2.36. The third kappa shape index (κ3) is 2.52. The van der Waals surface area contributed by atoms with E-state index in [0.717, 1.165) is 35.9 Å². The molecular formula is C16H17N3O2S. The molecule has 1 aromatic heterocycles. The molecule has 0 unspecified atom stereocenters. The Morgan fingerprint density at radius 2 is 2.00 bits per heavy atom. The van der Waals surface area contributed by atoms with Gasteiger partial charge in [-0.15, -0.1) is 10.2 Å². The smallest absolute Gasteiger partial charge is 0.319 e. The summed E-state index contributed by atoms with van der Waals surface area (Å²) in [5.74, 6) is 1.36. The number of esters is 1. The van der Waals surface area contributed by atoms with Crippen LogP contribution in [0.25, 0.3) is 5.69 Å². The summed E-state index contributed by atoms with van der Waals surface area (Å²) in [7, 11) is 0. The fourth-order valence-electron chi connectivity index (χ4n) is 2.73. The molecule has 1 aromatic carbocycles. The van der Waals surface area contributed by atoms with Gasteiger partial charge in [-0.25, -0.2) is 0 Å². The number of aromatic nitrogens is 3. The Balaban J connectivity index is 1.69. The van der Waals surface area contributed by atoms with E-state index in [0.29, 0.717) is 5.92 Å². The Kier molecular flexibility index (Phi) is 3.41. The van der Waals surface area contributed by atoms with Gasteiger partial charge in [-0.05, 0) is 31.9 Å². The summed E-state index contributed by atoms with van der Waals surface area (Å²) in [5.41, 5.74) is 1.05. The largest absolute Gasteiger partial charge is 0.462 e. The first-order chi connectivity index (χ1) is 10.7. The Morgan fingerprint density at radius 3 is 2.64 bits per heavy atom. The maximum absolute atomic E-state index is 11.9. The molecule has 2 atom stereocenters. The van der Waals surface area contributed by atoms with Crippen LogP contribution in [0.15, 0.2) is 35.5 Å². The highest BCUT2D eigenvalue weighted by molar-refractivity contribution is 8.00. The molecule has 0 N–H and O–H groups in total. The van der Waals surface area contributed by atoms with Gasteiger partial charge >= 0.3 is 5.97 Å². The number of carbonyl (C=O) groups is 1. The van der Waals surface area contributed by atoms with E-state index in [4.69, 9.17) is 4.74 Å². The van der Waals surface area contributed by atoms with Crippen molar-refractivity contribution in [3.63, 3.8) is 0 Å². The van der Waals surface area contributed by atoms with E-state index < -0.39 is 0 Å². The molecule has 0 spiro atoms. The molecule has 2 aliphatic rings. The second-order valence-corrected chi connectivity index (χ2v) is 7.05. The Hall–Kier alpha value is -1.82. The van der Waals surface area contributed by atoms with Crippen molar-refractivity contribution >= 4 is 17.7 Å². The van der Waals surface area contributed by atoms with Crippen molar-refractivity contribution in [2.45, 2.75) is 48.6 Å². The number of hydrogen-bond acceptors (Lipinski definition) is 5. The maximum atomic E-state index is 11.9. The average Bonchev–Trinajstić information content (AvgIpc) is 3.20. The number of carbonyl (C=O) groups excluding carboxylic acids is 1. The Labute approximate surface area is 133 Å². The molecule has 0 bridgehead atoms. The summed E-state index contributed by atoms with van der Waals surface area (Å²) >= 11 is 1.47. The van der Waals surface area contributed by atoms with Crippen molar-refractivity contribution in [1.82, 2.24) is 14.8 Å². The van der Waals surface area contributed by atoms with Gasteiger partial charge in [0.15, 0.2) is 5.16 Å². The summed E-state index contributed by atoms with van der Waals surface area (Å²) in [6.45, 7) is 1.93. The third-order valence-corrected chi connectivity index (χ3v) is 5.13. The van der Waals surface area contributed by atoms with Crippen molar-refractivity contribution in [1.29, 1.82) is 0 Å². The van der Waals surface area contributed by atoms with Gasteiger partial charge in [0.25, 0.3) is 0 Å². The molecule has 1 saturated carbocycles. The van der Waals surface area contributed by atoms with Crippen LogP contribution in [0.4, 0.5) is 0 Å². The first-order valence-electron chi connectivity index (χ1n) is 7.60. The van der Waals surface area contributed by atoms with E-state index in [-0.39, 0.29) is 17.3 Å². The van der Waals surface area contributed by atoms with Crippen molar-refractivity contribution in [3.8, 4) is 5.69 Å². The minimum absolute atomic E-state index is 0.0130. The van der Waals surface area contributed by atoms with Crippen LogP contribution in [-0.4, -0.2) is 32.1 Å². The molecule has 0 radical (unpaired) electrons. The van der Waals surface area contributed by atoms with Crippen LogP contribution in [0.5, 0.6) is 0 Å². The molecule has 0 amide bonds. The maximum Gasteiger partial charge on any atom is 0.319 e. The lowest BCUT2D eigenvalue weighted by Crippen LogP contribution is -2.11. The first-order valence-corrected chi connectivity index (χ1v) is 8.48. The fraction of sp³-hybridized carbons (Fsp3) is 0.438. The summed E-state index contributed by atoms with van der Waals surface area (Å²) in [6, 6.07) is 10.1. The van der Waals surface area contributed by atoms with Gasteiger partial charge in [-0.3, -0.25) is 9.36 Å². The molecule has 1 saturated heterocycles. The Morgan fingerprint density at radius 1 is 1.23 bits per heavy atom. The molecule has 2 heterocycles. The lowest BCUT2D eigenvalue weighted by atomic mass is 10.3. The number of benzene rings is 1. The molecule has 4 rings (SSSR count). The average molecular weight is 315 g/mol. The van der Waals surface area contributed by atoms with Gasteiger partial charge in [0, 0.05) is 18.0 Å². The topological polar surface area (TPSA) is 57.0 Å². The Bertz CT molecular complexity index is 697. The highest BCUT2D eigenvalue weighted by Crippen LogP contribution is 2.42. The van der Waals surface area contributed by atoms with E-state index in [1.165, 1.54) is 11.8 Å². The predicted molar refractivity (Wildman–Crippen MR) is 83.2 cm³/mol. The second kappa shape index (κ2) is 5.43. The van der Waals surface area contributed by atoms with Crippen LogP contribution in [0.3, 0.4) is 0 Å². The number of hydrogen-bond donors (Lipinski definition) is 0. The lowest BCUT2D eigenvalue weighted by Gasteiger charge is -2.11. The summed E-state index contributed by atoms with van der Waals surface area (Å²) in [6.07, 6.45) is 3.04. The zero-order valence-electron chi connectivity index (χ0n) is 12.3. The molecule has 2 aromatic rings. The molecule has 1 aliphatic heterocycles. The SMILES string of the molecule is C[C@H]1C[C@@H](Sc2nnc(C3CC3)n2-c2ccccc2)C(=O)O1. The molecule has 22 heavy (non-hydrogen) atoms. The van der Waals surface area contributed by atoms with Crippen LogP contribution >= 0.6 is 11.8 Å².